The van der Waals surface area contributed by atoms with E-state index in [9.17, 15) is 10.2 Å². The van der Waals surface area contributed by atoms with Crippen LogP contribution in [0, 0.1) is 5.41 Å². The van der Waals surface area contributed by atoms with Crippen LogP contribution in [0.4, 0.5) is 0 Å². The highest BCUT2D eigenvalue weighted by molar-refractivity contribution is 5.08. The van der Waals surface area contributed by atoms with Crippen molar-refractivity contribution in [3.8, 4) is 0 Å². The van der Waals surface area contributed by atoms with Crippen molar-refractivity contribution in [1.29, 1.82) is 0 Å². The van der Waals surface area contributed by atoms with E-state index < -0.39 is 17.4 Å². The lowest BCUT2D eigenvalue weighted by Crippen LogP contribution is -2.48. The van der Waals surface area contributed by atoms with E-state index in [0.29, 0.717) is 19.6 Å². The molecule has 0 aromatic carbocycles. The molecule has 0 unspecified atom stereocenters. The molecule has 2 N–H and O–H groups in total. The summed E-state index contributed by atoms with van der Waals surface area (Å²) in [5.41, 5.74) is -0.716. The van der Waals surface area contributed by atoms with Gasteiger partial charge in [-0.3, -0.25) is 4.90 Å². The summed E-state index contributed by atoms with van der Waals surface area (Å²) >= 11 is 0. The quantitative estimate of drug-likeness (QED) is 0.619. The van der Waals surface area contributed by atoms with Crippen molar-refractivity contribution in [3.05, 3.63) is 0 Å². The number of likely N-dealkylation sites (tertiary alicyclic amines) is 1. The van der Waals surface area contributed by atoms with Crippen molar-refractivity contribution in [2.24, 2.45) is 5.41 Å². The summed E-state index contributed by atoms with van der Waals surface area (Å²) in [5.74, 6) is -1.18. The van der Waals surface area contributed by atoms with Crippen LogP contribution in [0.5, 0.6) is 0 Å². The van der Waals surface area contributed by atoms with E-state index >= 15 is 0 Å². The van der Waals surface area contributed by atoms with E-state index in [2.05, 4.69) is 0 Å². The maximum Gasteiger partial charge on any atom is 0.187 e. The normalized spacial score (nSPS) is 47.2. The predicted octanol–water partition coefficient (Wildman–Crippen LogP) is 0.534. The van der Waals surface area contributed by atoms with Crippen LogP contribution in [-0.2, 0) is 4.74 Å². The zero-order chi connectivity index (χ0) is 11.5. The molecule has 3 atom stereocenters. The van der Waals surface area contributed by atoms with Gasteiger partial charge in [-0.05, 0) is 27.2 Å². The van der Waals surface area contributed by atoms with Gasteiger partial charge in [0.15, 0.2) is 5.79 Å². The molecular formula is C11H21NO3. The van der Waals surface area contributed by atoms with Gasteiger partial charge < -0.3 is 14.9 Å². The topological polar surface area (TPSA) is 52.9 Å². The van der Waals surface area contributed by atoms with Crippen LogP contribution < -0.4 is 0 Å². The highest BCUT2D eigenvalue weighted by atomic mass is 16.6. The minimum atomic E-state index is -1.18. The third-order valence-corrected chi connectivity index (χ3v) is 3.97. The lowest BCUT2D eigenvalue weighted by molar-refractivity contribution is -0.209. The fourth-order valence-electron chi connectivity index (χ4n) is 2.61. The lowest BCUT2D eigenvalue weighted by atomic mass is 9.81. The van der Waals surface area contributed by atoms with Gasteiger partial charge in [0.1, 0.15) is 6.23 Å². The molecule has 4 heteroatoms. The van der Waals surface area contributed by atoms with E-state index in [4.69, 9.17) is 4.74 Å². The highest BCUT2D eigenvalue weighted by Gasteiger charge is 2.65. The van der Waals surface area contributed by atoms with Gasteiger partial charge in [-0.2, -0.15) is 0 Å². The SMILES string of the molecule is CC(C)(C)N1C[C@]2(O)OCC[C@]2(C)[C@H]1O. The van der Waals surface area contributed by atoms with Crippen molar-refractivity contribution in [1.82, 2.24) is 4.90 Å². The molecule has 2 rings (SSSR count). The second-order valence-corrected chi connectivity index (χ2v) is 5.97. The molecule has 2 aliphatic rings. The molecule has 0 saturated carbocycles. The molecular weight excluding hydrogens is 194 g/mol. The number of hydrogen-bond acceptors (Lipinski definition) is 4. The fourth-order valence-corrected chi connectivity index (χ4v) is 2.61. The van der Waals surface area contributed by atoms with E-state index in [1.54, 1.807) is 0 Å². The van der Waals surface area contributed by atoms with Gasteiger partial charge in [-0.1, -0.05) is 6.92 Å². The number of fused-ring (bicyclic) bond motifs is 1. The molecule has 2 saturated heterocycles. The number of hydrogen-bond donors (Lipinski definition) is 2. The van der Waals surface area contributed by atoms with E-state index in [0.717, 1.165) is 0 Å². The zero-order valence-electron chi connectivity index (χ0n) is 9.95. The smallest absolute Gasteiger partial charge is 0.187 e. The van der Waals surface area contributed by atoms with Gasteiger partial charge in [0.05, 0.1) is 18.6 Å². The molecule has 4 nitrogen and oxygen atoms in total. The van der Waals surface area contributed by atoms with Crippen LogP contribution in [0.25, 0.3) is 0 Å². The van der Waals surface area contributed by atoms with Crippen LogP contribution in [0.15, 0.2) is 0 Å². The summed E-state index contributed by atoms with van der Waals surface area (Å²) in [6.07, 6.45) is 0.0713. The predicted molar refractivity (Wildman–Crippen MR) is 56.1 cm³/mol. The number of nitrogens with zero attached hydrogens (tertiary/aromatic N) is 1. The van der Waals surface area contributed by atoms with Crippen LogP contribution in [0.1, 0.15) is 34.1 Å². The first kappa shape index (κ1) is 11.3. The van der Waals surface area contributed by atoms with Crippen molar-refractivity contribution in [2.75, 3.05) is 13.2 Å². The molecule has 0 radical (unpaired) electrons. The molecule has 0 spiro atoms. The largest absolute Gasteiger partial charge is 0.378 e. The zero-order valence-corrected chi connectivity index (χ0v) is 9.95. The van der Waals surface area contributed by atoms with Crippen molar-refractivity contribution < 1.29 is 14.9 Å². The minimum Gasteiger partial charge on any atom is -0.378 e. The lowest BCUT2D eigenvalue weighted by Gasteiger charge is -2.37. The molecule has 15 heavy (non-hydrogen) atoms. The number of ether oxygens (including phenoxy) is 1. The second kappa shape index (κ2) is 2.94. The maximum absolute atomic E-state index is 10.4. The fraction of sp³-hybridized carbons (Fsp3) is 1.00. The van der Waals surface area contributed by atoms with E-state index in [-0.39, 0.29) is 5.54 Å². The molecule has 0 aromatic heterocycles. The number of rotatable bonds is 0. The third-order valence-electron chi connectivity index (χ3n) is 3.97. The Morgan fingerprint density at radius 3 is 2.47 bits per heavy atom. The monoisotopic (exact) mass is 215 g/mol. The van der Waals surface area contributed by atoms with Gasteiger partial charge in [-0.15, -0.1) is 0 Å². The van der Waals surface area contributed by atoms with Crippen molar-refractivity contribution in [2.45, 2.75) is 51.7 Å². The Hall–Kier alpha value is -0.160. The average Bonchev–Trinajstić information content (AvgIpc) is 2.46. The van der Waals surface area contributed by atoms with Crippen LogP contribution in [0.3, 0.4) is 0 Å². The van der Waals surface area contributed by atoms with Gasteiger partial charge in [0.25, 0.3) is 0 Å². The molecule has 0 aromatic rings. The van der Waals surface area contributed by atoms with Gasteiger partial charge in [-0.25, -0.2) is 0 Å². The first-order valence-corrected chi connectivity index (χ1v) is 5.52. The summed E-state index contributed by atoms with van der Waals surface area (Å²) < 4.78 is 5.42. The minimum absolute atomic E-state index is 0.161. The standard InChI is InChI=1S/C11H21NO3/c1-9(2,3)12-7-11(14)10(4,8(12)13)5-6-15-11/h8,13-14H,5-7H2,1-4H3/t8-,10-,11+/m1/s1. The summed E-state index contributed by atoms with van der Waals surface area (Å²) in [7, 11) is 0. The van der Waals surface area contributed by atoms with Gasteiger partial charge in [0, 0.05) is 5.54 Å². The molecule has 0 amide bonds. The Labute approximate surface area is 90.8 Å². The molecule has 0 aliphatic carbocycles. The Bertz CT molecular complexity index is 275. The first-order chi connectivity index (χ1) is 6.71. The van der Waals surface area contributed by atoms with Crippen LogP contribution in [0.2, 0.25) is 0 Å². The second-order valence-electron chi connectivity index (χ2n) is 5.97. The summed E-state index contributed by atoms with van der Waals surface area (Å²) in [6, 6.07) is 0. The molecule has 88 valence electrons. The Morgan fingerprint density at radius 1 is 1.40 bits per heavy atom. The molecule has 2 fully saturated rings. The highest BCUT2D eigenvalue weighted by Crippen LogP contribution is 2.52. The van der Waals surface area contributed by atoms with Gasteiger partial charge >= 0.3 is 0 Å². The van der Waals surface area contributed by atoms with Crippen LogP contribution in [-0.4, -0.2) is 45.8 Å². The molecule has 2 heterocycles. The average molecular weight is 215 g/mol. The van der Waals surface area contributed by atoms with E-state index in [1.807, 2.05) is 32.6 Å². The maximum atomic E-state index is 10.4. The summed E-state index contributed by atoms with van der Waals surface area (Å²) in [4.78, 5) is 1.91. The number of aliphatic hydroxyl groups is 2. The van der Waals surface area contributed by atoms with Gasteiger partial charge in [0.2, 0.25) is 0 Å². The molecule has 2 aliphatic heterocycles. The number of β-amino-alcohol motifs (C(OH)–C–C–N with tert-alkyl or cyclic N) is 1. The Balaban J connectivity index is 2.32. The third kappa shape index (κ3) is 1.35. The summed E-state index contributed by atoms with van der Waals surface area (Å²) in [6.45, 7) is 8.91. The number of aliphatic hydroxyl groups excluding tert-OH is 1. The summed E-state index contributed by atoms with van der Waals surface area (Å²) in [5, 5.41) is 20.7. The first-order valence-electron chi connectivity index (χ1n) is 5.52. The van der Waals surface area contributed by atoms with Crippen molar-refractivity contribution >= 4 is 0 Å². The Kier molecular flexibility index (Phi) is 2.22. The molecule has 0 bridgehead atoms. The van der Waals surface area contributed by atoms with Crippen molar-refractivity contribution in [3.63, 3.8) is 0 Å². The Morgan fingerprint density at radius 2 is 2.00 bits per heavy atom. The van der Waals surface area contributed by atoms with Crippen LogP contribution >= 0.6 is 0 Å². The van der Waals surface area contributed by atoms with E-state index in [1.165, 1.54) is 0 Å².